The standard InChI is InChI=1S/C40H25N5.2C35H22N4/c1-3-13-26(14-4-1)38-42-39(27-15-5-2-6-16-27)44-40(43-38)28-17-11-18-29(25-28)45-34-23-10-9-21-32(34)35-30-19-7-8-20-31(30)36-33(37(35)45)22-12-24-41-36;1-2-11-29-28(10-1)33-30-12-3-4-14-32(30)39(35(33)31-13-7-17-38-34(29)31)27-19-25(23-8-5-15-36-21-23)18-26(20-27)24-9-6-16-37-22-24;1-2-7-29-28(6-1)33-30-8-3-4-10-32(30)39(35(33)31-9-5-15-38-34(29)31)27-21-25(23-11-16-36-17-12-23)20-26(22-27)24-13-18-37-19-14-24/h1-25H;2*1-22H. The smallest absolute Gasteiger partial charge is 0.164 e. The number of para-hydroxylation sites is 3. The van der Waals surface area contributed by atoms with E-state index in [1.165, 1.54) is 75.8 Å². The fourth-order valence-corrected chi connectivity index (χ4v) is 18.3. The second-order valence-corrected chi connectivity index (χ2v) is 30.6. The van der Waals surface area contributed by atoms with Crippen molar-refractivity contribution in [1.82, 2.24) is 63.5 Å². The summed E-state index contributed by atoms with van der Waals surface area (Å²) in [7, 11) is 0. The number of hydrogen-bond acceptors (Lipinski definition) is 10. The molecular weight excluding hydrogens is 1500 g/mol. The third kappa shape index (κ3) is 12.4. The maximum absolute atomic E-state index is 5.00. The normalized spacial score (nSPS) is 11.6. The van der Waals surface area contributed by atoms with Crippen LogP contribution in [0.5, 0.6) is 0 Å². The quantitative estimate of drug-likeness (QED) is 0.121. The molecule has 0 fully saturated rings. The molecule has 13 nitrogen and oxygen atoms in total. The molecule has 0 N–H and O–H groups in total. The predicted molar refractivity (Wildman–Crippen MR) is 503 cm³/mol. The molecular formula is C110H69N13. The molecule has 11 aromatic heterocycles. The van der Waals surface area contributed by atoms with Crippen LogP contribution < -0.4 is 0 Å². The molecule has 0 saturated heterocycles. The topological polar surface area (TPSA) is 144 Å². The van der Waals surface area contributed by atoms with Gasteiger partial charge >= 0.3 is 0 Å². The van der Waals surface area contributed by atoms with Crippen molar-refractivity contribution in [2.45, 2.75) is 0 Å². The van der Waals surface area contributed by atoms with Crippen molar-refractivity contribution in [2.24, 2.45) is 0 Å². The monoisotopic (exact) mass is 1570 g/mol. The highest BCUT2D eigenvalue weighted by Gasteiger charge is 2.26. The summed E-state index contributed by atoms with van der Waals surface area (Å²) in [5.74, 6) is 1.91. The largest absolute Gasteiger partial charge is 0.309 e. The summed E-state index contributed by atoms with van der Waals surface area (Å²) in [6.07, 6.45) is 20.5. The molecule has 11 heterocycles. The van der Waals surface area contributed by atoms with Gasteiger partial charge in [-0.05, 0) is 189 Å². The van der Waals surface area contributed by atoms with Crippen LogP contribution in [-0.4, -0.2) is 63.5 Å². The number of aromatic nitrogens is 13. The molecule has 0 radical (unpaired) electrons. The first-order valence-electron chi connectivity index (χ1n) is 41.0. The van der Waals surface area contributed by atoms with Gasteiger partial charge in [-0.2, -0.15) is 0 Å². The van der Waals surface area contributed by atoms with E-state index >= 15 is 0 Å². The number of hydrogen-bond donors (Lipinski definition) is 0. The van der Waals surface area contributed by atoms with Crippen molar-refractivity contribution < 1.29 is 0 Å². The van der Waals surface area contributed by atoms with E-state index in [1.807, 2.05) is 159 Å². The van der Waals surface area contributed by atoms with Crippen LogP contribution in [0.4, 0.5) is 0 Å². The maximum Gasteiger partial charge on any atom is 0.164 e. The molecule has 0 saturated carbocycles. The number of rotatable bonds is 10. The van der Waals surface area contributed by atoms with Gasteiger partial charge < -0.3 is 13.7 Å². The molecule has 123 heavy (non-hydrogen) atoms. The van der Waals surface area contributed by atoms with Crippen molar-refractivity contribution in [2.75, 3.05) is 0 Å². The van der Waals surface area contributed by atoms with E-state index in [9.17, 15) is 0 Å². The van der Waals surface area contributed by atoms with Gasteiger partial charge in [-0.25, -0.2) is 15.0 Å². The highest BCUT2D eigenvalue weighted by Crippen LogP contribution is 2.47. The van der Waals surface area contributed by atoms with Crippen LogP contribution in [0.2, 0.25) is 0 Å². The Morgan fingerprint density at radius 2 is 0.463 bits per heavy atom. The SMILES string of the molecule is c1ccc(-c2nc(-c3ccccc3)nc(-c3cccc(-n4c5ccccc5c5c6ccccc6c6ncccc6c54)c3)n2)cc1.c1ccc2c(c1)c1ncccc1c1c2c2ccccc2n1-c1cc(-c2ccncc2)cc(-c2ccncc2)c1.c1cncc(-c2cc(-c3cccnc3)cc(-n3c4ccccc4c4c5ccccc5c5ncccc5c43)c2)c1. The third-order valence-corrected chi connectivity index (χ3v) is 23.6. The molecule has 0 unspecified atom stereocenters. The Morgan fingerprint density at radius 3 is 0.837 bits per heavy atom. The highest BCUT2D eigenvalue weighted by atomic mass is 15.0. The van der Waals surface area contributed by atoms with Gasteiger partial charge in [-0.1, -0.05) is 212 Å². The summed E-state index contributed by atoms with van der Waals surface area (Å²) in [4.78, 5) is 46.8. The van der Waals surface area contributed by atoms with E-state index in [0.29, 0.717) is 17.5 Å². The number of benzene rings is 14. The molecule has 0 spiro atoms. The second-order valence-electron chi connectivity index (χ2n) is 30.6. The Hall–Kier alpha value is -16.9. The number of fused-ring (bicyclic) bond motifs is 24. The van der Waals surface area contributed by atoms with Gasteiger partial charge in [0.15, 0.2) is 17.5 Å². The van der Waals surface area contributed by atoms with E-state index < -0.39 is 0 Å². The van der Waals surface area contributed by atoms with Crippen LogP contribution >= 0.6 is 0 Å². The summed E-state index contributed by atoms with van der Waals surface area (Å²) in [5, 5.41) is 17.9. The lowest BCUT2D eigenvalue weighted by Gasteiger charge is -2.15. The van der Waals surface area contributed by atoms with Crippen LogP contribution in [0, 0.1) is 0 Å². The van der Waals surface area contributed by atoms with Crippen molar-refractivity contribution in [3.05, 3.63) is 420 Å². The molecule has 574 valence electrons. The Kier molecular flexibility index (Phi) is 17.6. The second kappa shape index (κ2) is 30.2. The average Bonchev–Trinajstić information content (AvgIpc) is 1.63. The highest BCUT2D eigenvalue weighted by molar-refractivity contribution is 6.34. The summed E-state index contributed by atoms with van der Waals surface area (Å²) < 4.78 is 7.18. The fraction of sp³-hybridized carbons (Fsp3) is 0. The molecule has 0 aliphatic heterocycles. The van der Waals surface area contributed by atoms with Gasteiger partial charge in [-0.3, -0.25) is 34.9 Å². The Morgan fingerprint density at radius 1 is 0.171 bits per heavy atom. The molecule has 13 heteroatoms. The van der Waals surface area contributed by atoms with Gasteiger partial charge in [0.25, 0.3) is 0 Å². The van der Waals surface area contributed by atoms with Crippen LogP contribution in [0.1, 0.15) is 0 Å². The first-order chi connectivity index (χ1) is 61.1. The zero-order valence-corrected chi connectivity index (χ0v) is 66.2. The average molecular weight is 1570 g/mol. The van der Waals surface area contributed by atoms with Crippen molar-refractivity contribution in [3.63, 3.8) is 0 Å². The van der Waals surface area contributed by atoms with Crippen LogP contribution in [0.3, 0.4) is 0 Å². The molecule has 25 aromatic rings. The molecule has 0 bridgehead atoms. The molecule has 14 aromatic carbocycles. The zero-order chi connectivity index (χ0) is 81.3. The minimum absolute atomic E-state index is 0.627. The van der Waals surface area contributed by atoms with Gasteiger partial charge in [-0.15, -0.1) is 0 Å². The lowest BCUT2D eigenvalue weighted by molar-refractivity contribution is 1.07. The number of nitrogens with zero attached hydrogens (tertiary/aromatic N) is 13. The van der Waals surface area contributed by atoms with E-state index in [4.69, 9.17) is 29.9 Å². The van der Waals surface area contributed by atoms with Crippen molar-refractivity contribution in [1.29, 1.82) is 0 Å². The van der Waals surface area contributed by atoms with E-state index in [1.54, 1.807) is 0 Å². The van der Waals surface area contributed by atoms with E-state index in [2.05, 4.69) is 294 Å². The third-order valence-electron chi connectivity index (χ3n) is 23.6. The van der Waals surface area contributed by atoms with Crippen molar-refractivity contribution >= 4 is 130 Å². The summed E-state index contributed by atoms with van der Waals surface area (Å²) in [6, 6.07) is 123. The zero-order valence-electron chi connectivity index (χ0n) is 66.2. The lowest BCUT2D eigenvalue weighted by Crippen LogP contribution is -2.01. The van der Waals surface area contributed by atoms with Gasteiger partial charge in [0.05, 0.1) is 49.7 Å². The lowest BCUT2D eigenvalue weighted by atomic mass is 9.98. The Balaban J connectivity index is 0.000000107. The summed E-state index contributed by atoms with van der Waals surface area (Å²) in [6.45, 7) is 0. The van der Waals surface area contributed by atoms with E-state index in [-0.39, 0.29) is 0 Å². The minimum atomic E-state index is 0.627. The van der Waals surface area contributed by atoms with Gasteiger partial charge in [0, 0.05) is 178 Å². The predicted octanol–water partition coefficient (Wildman–Crippen LogP) is 26.9. The minimum Gasteiger partial charge on any atom is -0.309 e. The summed E-state index contributed by atoms with van der Waals surface area (Å²) in [5.41, 5.74) is 24.9. The van der Waals surface area contributed by atoms with E-state index in [0.717, 1.165) is 133 Å². The molecule has 0 aliphatic carbocycles. The van der Waals surface area contributed by atoms with Crippen LogP contribution in [0.15, 0.2) is 420 Å². The molecule has 0 amide bonds. The van der Waals surface area contributed by atoms with Crippen molar-refractivity contribution in [3.8, 4) is 95.7 Å². The van der Waals surface area contributed by atoms with Crippen LogP contribution in [0.25, 0.3) is 226 Å². The maximum atomic E-state index is 5.00. The van der Waals surface area contributed by atoms with Gasteiger partial charge in [0.2, 0.25) is 0 Å². The Labute approximate surface area is 705 Å². The first kappa shape index (κ1) is 71.4. The first-order valence-corrected chi connectivity index (χ1v) is 41.0. The Bertz CT molecular complexity index is 7940. The molecule has 25 rings (SSSR count). The number of pyridine rings is 7. The van der Waals surface area contributed by atoms with Crippen LogP contribution in [-0.2, 0) is 0 Å². The fourth-order valence-electron chi connectivity index (χ4n) is 18.3. The molecule has 0 aliphatic rings. The molecule has 0 atom stereocenters. The summed E-state index contributed by atoms with van der Waals surface area (Å²) >= 11 is 0. The van der Waals surface area contributed by atoms with Gasteiger partial charge in [0.1, 0.15) is 0 Å².